The van der Waals surface area contributed by atoms with Gasteiger partial charge in [0.15, 0.2) is 0 Å². The first-order valence-electron chi connectivity index (χ1n) is 4.50. The number of hydrogen-bond acceptors (Lipinski definition) is 2. The highest BCUT2D eigenvalue weighted by Gasteiger charge is 2.28. The standard InChI is InChI=1S/C10H11F3N2O/c1-6-2-3-7(8(14)4-6)9(16)15-5-10(11,12)13/h2-4H,5,14H2,1H3,(H,15,16). The summed E-state index contributed by atoms with van der Waals surface area (Å²) in [5.41, 5.74) is 6.57. The van der Waals surface area contributed by atoms with Gasteiger partial charge in [0, 0.05) is 5.69 Å². The van der Waals surface area contributed by atoms with Crippen LogP contribution in [-0.4, -0.2) is 18.6 Å². The largest absolute Gasteiger partial charge is 0.405 e. The van der Waals surface area contributed by atoms with Crippen LogP contribution in [0.15, 0.2) is 18.2 Å². The minimum absolute atomic E-state index is 0.0508. The molecule has 0 heterocycles. The van der Waals surface area contributed by atoms with Crippen LogP contribution in [-0.2, 0) is 0 Å². The quantitative estimate of drug-likeness (QED) is 0.765. The molecule has 0 aliphatic rings. The normalized spacial score (nSPS) is 11.2. The Labute approximate surface area is 90.4 Å². The van der Waals surface area contributed by atoms with Gasteiger partial charge in [-0.25, -0.2) is 0 Å². The molecule has 3 N–H and O–H groups in total. The van der Waals surface area contributed by atoms with E-state index in [-0.39, 0.29) is 11.3 Å². The van der Waals surface area contributed by atoms with Gasteiger partial charge < -0.3 is 11.1 Å². The fourth-order valence-corrected chi connectivity index (χ4v) is 1.16. The Balaban J connectivity index is 2.74. The molecule has 0 bridgehead atoms. The lowest BCUT2D eigenvalue weighted by Gasteiger charge is -2.10. The molecule has 0 spiro atoms. The predicted octanol–water partition coefficient (Wildman–Crippen LogP) is 1.87. The zero-order valence-electron chi connectivity index (χ0n) is 8.56. The highest BCUT2D eigenvalue weighted by Crippen LogP contribution is 2.15. The van der Waals surface area contributed by atoms with Crippen molar-refractivity contribution < 1.29 is 18.0 Å². The summed E-state index contributed by atoms with van der Waals surface area (Å²) in [6.07, 6.45) is -4.42. The third-order valence-corrected chi connectivity index (χ3v) is 1.90. The van der Waals surface area contributed by atoms with Gasteiger partial charge in [0.2, 0.25) is 0 Å². The Morgan fingerprint density at radius 3 is 2.56 bits per heavy atom. The Morgan fingerprint density at radius 2 is 2.06 bits per heavy atom. The number of aryl methyl sites for hydroxylation is 1. The number of nitrogens with two attached hydrogens (primary N) is 1. The van der Waals surface area contributed by atoms with Gasteiger partial charge in [-0.05, 0) is 24.6 Å². The molecule has 0 fully saturated rings. The number of alkyl halides is 3. The lowest BCUT2D eigenvalue weighted by Crippen LogP contribution is -2.34. The van der Waals surface area contributed by atoms with E-state index in [1.165, 1.54) is 12.1 Å². The van der Waals surface area contributed by atoms with Crippen molar-refractivity contribution >= 4 is 11.6 Å². The third-order valence-electron chi connectivity index (χ3n) is 1.90. The van der Waals surface area contributed by atoms with Gasteiger partial charge in [-0.15, -0.1) is 0 Å². The summed E-state index contributed by atoms with van der Waals surface area (Å²) in [4.78, 5) is 11.3. The summed E-state index contributed by atoms with van der Waals surface area (Å²) < 4.78 is 35.6. The van der Waals surface area contributed by atoms with Crippen LogP contribution in [0.2, 0.25) is 0 Å². The second-order valence-corrected chi connectivity index (χ2v) is 3.39. The van der Waals surface area contributed by atoms with Crippen LogP contribution < -0.4 is 11.1 Å². The van der Waals surface area contributed by atoms with Crippen molar-refractivity contribution in [3.05, 3.63) is 29.3 Å². The molecule has 0 aliphatic carbocycles. The number of hydrogen-bond donors (Lipinski definition) is 2. The molecule has 0 aromatic heterocycles. The SMILES string of the molecule is Cc1ccc(C(=O)NCC(F)(F)F)c(N)c1. The Hall–Kier alpha value is -1.72. The lowest BCUT2D eigenvalue weighted by molar-refractivity contribution is -0.123. The average molecular weight is 232 g/mol. The Bertz CT molecular complexity index is 402. The Morgan fingerprint density at radius 1 is 1.44 bits per heavy atom. The van der Waals surface area contributed by atoms with E-state index in [1.807, 2.05) is 0 Å². The zero-order chi connectivity index (χ0) is 12.3. The number of rotatable bonds is 2. The number of nitrogen functional groups attached to an aromatic ring is 1. The molecule has 1 aromatic carbocycles. The van der Waals surface area contributed by atoms with Crippen molar-refractivity contribution in [2.45, 2.75) is 13.1 Å². The molecule has 1 amide bonds. The maximum absolute atomic E-state index is 11.9. The van der Waals surface area contributed by atoms with Crippen molar-refractivity contribution in [3.63, 3.8) is 0 Å². The number of nitrogens with one attached hydrogen (secondary N) is 1. The molecule has 0 saturated heterocycles. The van der Waals surface area contributed by atoms with Gasteiger partial charge in [0.05, 0.1) is 5.56 Å². The molecule has 88 valence electrons. The van der Waals surface area contributed by atoms with Crippen molar-refractivity contribution in [2.24, 2.45) is 0 Å². The molecule has 16 heavy (non-hydrogen) atoms. The summed E-state index contributed by atoms with van der Waals surface area (Å²) in [5, 5.41) is 1.76. The lowest BCUT2D eigenvalue weighted by atomic mass is 10.1. The van der Waals surface area contributed by atoms with E-state index in [2.05, 4.69) is 0 Å². The van der Waals surface area contributed by atoms with Crippen LogP contribution in [0.4, 0.5) is 18.9 Å². The first-order valence-corrected chi connectivity index (χ1v) is 4.50. The summed E-state index contributed by atoms with van der Waals surface area (Å²) in [6, 6.07) is 4.54. The summed E-state index contributed by atoms with van der Waals surface area (Å²) in [5.74, 6) is -0.824. The number of amides is 1. The van der Waals surface area contributed by atoms with Gasteiger partial charge in [-0.2, -0.15) is 13.2 Å². The first-order chi connectivity index (χ1) is 7.29. The van der Waals surface area contributed by atoms with Crippen molar-refractivity contribution in [1.29, 1.82) is 0 Å². The smallest absolute Gasteiger partial charge is 0.398 e. The van der Waals surface area contributed by atoms with E-state index in [4.69, 9.17) is 5.73 Å². The van der Waals surface area contributed by atoms with Crippen molar-refractivity contribution in [1.82, 2.24) is 5.32 Å². The fraction of sp³-hybridized carbons (Fsp3) is 0.300. The number of carbonyl (C=O) groups is 1. The molecule has 6 heteroatoms. The number of halogens is 3. The van der Waals surface area contributed by atoms with Gasteiger partial charge in [-0.1, -0.05) is 6.07 Å². The van der Waals surface area contributed by atoms with E-state index < -0.39 is 18.6 Å². The van der Waals surface area contributed by atoms with Crippen LogP contribution in [0.25, 0.3) is 0 Å². The van der Waals surface area contributed by atoms with Gasteiger partial charge in [0.1, 0.15) is 6.54 Å². The minimum atomic E-state index is -4.42. The Kier molecular flexibility index (Phi) is 3.41. The van der Waals surface area contributed by atoms with Crippen LogP contribution in [0.1, 0.15) is 15.9 Å². The van der Waals surface area contributed by atoms with Crippen LogP contribution in [0.5, 0.6) is 0 Å². The maximum Gasteiger partial charge on any atom is 0.405 e. The van der Waals surface area contributed by atoms with Crippen LogP contribution in [0.3, 0.4) is 0 Å². The zero-order valence-corrected chi connectivity index (χ0v) is 8.56. The average Bonchev–Trinajstić information content (AvgIpc) is 2.13. The second-order valence-electron chi connectivity index (χ2n) is 3.39. The second kappa shape index (κ2) is 4.42. The summed E-state index contributed by atoms with van der Waals surface area (Å²) in [7, 11) is 0. The molecule has 1 rings (SSSR count). The summed E-state index contributed by atoms with van der Waals surface area (Å²) in [6.45, 7) is 0.410. The van der Waals surface area contributed by atoms with Crippen LogP contribution >= 0.6 is 0 Å². The fourth-order valence-electron chi connectivity index (χ4n) is 1.16. The van der Waals surface area contributed by atoms with E-state index in [0.29, 0.717) is 0 Å². The van der Waals surface area contributed by atoms with Gasteiger partial charge in [0.25, 0.3) is 5.91 Å². The molecule has 1 aromatic rings. The van der Waals surface area contributed by atoms with Gasteiger partial charge in [-0.3, -0.25) is 4.79 Å². The predicted molar refractivity (Wildman–Crippen MR) is 54.0 cm³/mol. The highest BCUT2D eigenvalue weighted by molar-refractivity contribution is 5.99. The number of carbonyl (C=O) groups excluding carboxylic acids is 1. The number of anilines is 1. The van der Waals surface area contributed by atoms with Gasteiger partial charge >= 0.3 is 6.18 Å². The topological polar surface area (TPSA) is 55.1 Å². The van der Waals surface area contributed by atoms with Crippen LogP contribution in [0, 0.1) is 6.92 Å². The molecule has 0 atom stereocenters. The van der Waals surface area contributed by atoms with Crippen molar-refractivity contribution in [3.8, 4) is 0 Å². The minimum Gasteiger partial charge on any atom is -0.398 e. The van der Waals surface area contributed by atoms with E-state index >= 15 is 0 Å². The van der Waals surface area contributed by atoms with Crippen molar-refractivity contribution in [2.75, 3.05) is 12.3 Å². The molecule has 0 radical (unpaired) electrons. The number of benzene rings is 1. The van der Waals surface area contributed by atoms with E-state index in [0.717, 1.165) is 5.56 Å². The van der Waals surface area contributed by atoms with E-state index in [9.17, 15) is 18.0 Å². The molecule has 0 unspecified atom stereocenters. The highest BCUT2D eigenvalue weighted by atomic mass is 19.4. The molecular weight excluding hydrogens is 221 g/mol. The monoisotopic (exact) mass is 232 g/mol. The summed E-state index contributed by atoms with van der Waals surface area (Å²) >= 11 is 0. The molecule has 0 aliphatic heterocycles. The third kappa shape index (κ3) is 3.45. The first kappa shape index (κ1) is 12.4. The molecule has 3 nitrogen and oxygen atoms in total. The molecular formula is C10H11F3N2O. The van der Waals surface area contributed by atoms with E-state index in [1.54, 1.807) is 18.3 Å². The maximum atomic E-state index is 11.9. The molecule has 0 saturated carbocycles.